The van der Waals surface area contributed by atoms with Crippen LogP contribution in [0.15, 0.2) is 29.2 Å². The summed E-state index contributed by atoms with van der Waals surface area (Å²) in [5, 5.41) is 4.22. The van der Waals surface area contributed by atoms with Crippen molar-refractivity contribution >= 4 is 27.5 Å². The number of nitrogens with one attached hydrogen (secondary N) is 2. The molecule has 0 spiro atoms. The zero-order valence-electron chi connectivity index (χ0n) is 11.2. The second-order valence-electron chi connectivity index (χ2n) is 4.74. The zero-order chi connectivity index (χ0) is 13.9. The quantitative estimate of drug-likeness (QED) is 0.876. The minimum absolute atomic E-state index is 0.300. The Morgan fingerprint density at radius 2 is 1.89 bits per heavy atom. The monoisotopic (exact) mass is 300 g/mol. The van der Waals surface area contributed by atoms with Crippen LogP contribution in [0.3, 0.4) is 0 Å². The van der Waals surface area contributed by atoms with E-state index >= 15 is 0 Å². The fourth-order valence-corrected chi connectivity index (χ4v) is 3.90. The van der Waals surface area contributed by atoms with E-state index in [1.807, 2.05) is 23.9 Å². The van der Waals surface area contributed by atoms with Crippen molar-refractivity contribution in [3.8, 4) is 0 Å². The molecule has 1 saturated carbocycles. The minimum atomic E-state index is -3.34. The maximum Gasteiger partial charge on any atom is 0.240 e. The van der Waals surface area contributed by atoms with Crippen molar-refractivity contribution in [2.45, 2.75) is 35.4 Å². The topological polar surface area (TPSA) is 58.2 Å². The van der Waals surface area contributed by atoms with Crippen LogP contribution in [-0.4, -0.2) is 33.0 Å². The van der Waals surface area contributed by atoms with Gasteiger partial charge in [-0.15, -0.1) is 0 Å². The smallest absolute Gasteiger partial charge is 0.240 e. The van der Waals surface area contributed by atoms with E-state index in [2.05, 4.69) is 16.3 Å². The lowest BCUT2D eigenvalue weighted by molar-refractivity contribution is 0.588. The molecule has 1 aromatic rings. The highest BCUT2D eigenvalue weighted by molar-refractivity contribution is 7.99. The Bertz CT molecular complexity index is 514. The minimum Gasteiger partial charge on any atom is -0.382 e. The van der Waals surface area contributed by atoms with Crippen LogP contribution in [0.5, 0.6) is 0 Å². The third-order valence-corrected chi connectivity index (χ3v) is 6.05. The van der Waals surface area contributed by atoms with Crippen LogP contribution in [0.1, 0.15) is 19.3 Å². The molecule has 0 aliphatic heterocycles. The van der Waals surface area contributed by atoms with Gasteiger partial charge in [0.05, 0.1) is 4.90 Å². The zero-order valence-corrected chi connectivity index (χ0v) is 12.9. The summed E-state index contributed by atoms with van der Waals surface area (Å²) in [4.78, 5) is 0.300. The average Bonchev–Trinajstić information content (AvgIpc) is 2.87. The molecular formula is C13H20N2O2S2. The maximum absolute atomic E-state index is 11.6. The van der Waals surface area contributed by atoms with E-state index in [-0.39, 0.29) is 0 Å². The van der Waals surface area contributed by atoms with Crippen LogP contribution in [0.4, 0.5) is 5.69 Å². The van der Waals surface area contributed by atoms with Crippen molar-refractivity contribution in [2.75, 3.05) is 18.6 Å². The number of anilines is 1. The summed E-state index contributed by atoms with van der Waals surface area (Å²) >= 11 is 1.93. The van der Waals surface area contributed by atoms with Crippen molar-refractivity contribution in [3.63, 3.8) is 0 Å². The van der Waals surface area contributed by atoms with E-state index in [0.29, 0.717) is 10.9 Å². The van der Waals surface area contributed by atoms with Gasteiger partial charge in [0.2, 0.25) is 10.0 Å². The first-order valence-corrected chi connectivity index (χ1v) is 9.15. The number of hydrogen-bond donors (Lipinski definition) is 2. The largest absolute Gasteiger partial charge is 0.382 e. The molecule has 1 aliphatic carbocycles. The fourth-order valence-electron chi connectivity index (χ4n) is 2.37. The Morgan fingerprint density at radius 3 is 2.42 bits per heavy atom. The fraction of sp³-hybridized carbons (Fsp3) is 0.538. The molecule has 4 nitrogen and oxygen atoms in total. The molecular weight excluding hydrogens is 280 g/mol. The highest BCUT2D eigenvalue weighted by Gasteiger charge is 2.23. The van der Waals surface area contributed by atoms with E-state index in [4.69, 9.17) is 0 Å². The van der Waals surface area contributed by atoms with Gasteiger partial charge in [-0.1, -0.05) is 0 Å². The summed E-state index contributed by atoms with van der Waals surface area (Å²) < 4.78 is 25.5. The lowest BCUT2D eigenvalue weighted by Gasteiger charge is -2.14. The predicted octanol–water partition coefficient (Wildman–Crippen LogP) is 2.29. The number of benzene rings is 1. The summed E-state index contributed by atoms with van der Waals surface area (Å²) in [5.41, 5.74) is 0.988. The molecule has 2 N–H and O–H groups in total. The molecule has 2 rings (SSSR count). The lowest BCUT2D eigenvalue weighted by atomic mass is 10.2. The van der Waals surface area contributed by atoms with Crippen molar-refractivity contribution in [1.29, 1.82) is 0 Å². The maximum atomic E-state index is 11.6. The first kappa shape index (κ1) is 14.7. The van der Waals surface area contributed by atoms with Gasteiger partial charge in [0.25, 0.3) is 0 Å². The number of thioether (sulfide) groups is 1. The summed E-state index contributed by atoms with van der Waals surface area (Å²) in [6, 6.07) is 7.43. The third-order valence-electron chi connectivity index (χ3n) is 3.52. The molecule has 0 bridgehead atoms. The first-order valence-electron chi connectivity index (χ1n) is 6.38. The SMILES string of the molecule is CNS(=O)(=O)c1ccc(NC2CCC(SC)C2)cc1. The molecule has 2 unspecified atom stereocenters. The van der Waals surface area contributed by atoms with E-state index in [9.17, 15) is 8.42 Å². The molecule has 1 aliphatic rings. The molecule has 0 radical (unpaired) electrons. The van der Waals surface area contributed by atoms with Crippen LogP contribution >= 0.6 is 11.8 Å². The van der Waals surface area contributed by atoms with Gasteiger partial charge in [-0.25, -0.2) is 13.1 Å². The van der Waals surface area contributed by atoms with Crippen LogP contribution < -0.4 is 10.0 Å². The van der Waals surface area contributed by atoms with Crippen molar-refractivity contribution < 1.29 is 8.42 Å². The Hall–Kier alpha value is -0.720. The summed E-state index contributed by atoms with van der Waals surface area (Å²) in [7, 11) is -1.92. The molecule has 1 fully saturated rings. The van der Waals surface area contributed by atoms with Crippen LogP contribution in [0.2, 0.25) is 0 Å². The van der Waals surface area contributed by atoms with Crippen LogP contribution in [0.25, 0.3) is 0 Å². The molecule has 0 heterocycles. The molecule has 106 valence electrons. The number of hydrogen-bond acceptors (Lipinski definition) is 4. The number of sulfonamides is 1. The second-order valence-corrected chi connectivity index (χ2v) is 7.77. The van der Waals surface area contributed by atoms with Crippen molar-refractivity contribution in [1.82, 2.24) is 4.72 Å². The average molecular weight is 300 g/mol. The molecule has 0 aromatic heterocycles. The Balaban J connectivity index is 2.00. The normalized spacial score (nSPS) is 23.5. The Morgan fingerprint density at radius 1 is 1.21 bits per heavy atom. The highest BCUT2D eigenvalue weighted by Crippen LogP contribution is 2.30. The molecule has 2 atom stereocenters. The second kappa shape index (κ2) is 6.15. The van der Waals surface area contributed by atoms with Gasteiger partial charge < -0.3 is 5.32 Å². The van der Waals surface area contributed by atoms with Crippen LogP contribution in [-0.2, 0) is 10.0 Å². The highest BCUT2D eigenvalue weighted by atomic mass is 32.2. The summed E-state index contributed by atoms with van der Waals surface area (Å²) in [6.07, 6.45) is 5.77. The van der Waals surface area contributed by atoms with Gasteiger partial charge in [-0.3, -0.25) is 0 Å². The van der Waals surface area contributed by atoms with E-state index in [1.165, 1.54) is 26.3 Å². The predicted molar refractivity (Wildman–Crippen MR) is 81.3 cm³/mol. The van der Waals surface area contributed by atoms with Gasteiger partial charge in [0, 0.05) is 17.0 Å². The van der Waals surface area contributed by atoms with Gasteiger partial charge in [-0.2, -0.15) is 11.8 Å². The van der Waals surface area contributed by atoms with Crippen molar-refractivity contribution in [2.24, 2.45) is 0 Å². The molecule has 0 saturated heterocycles. The third kappa shape index (κ3) is 3.64. The lowest BCUT2D eigenvalue weighted by Crippen LogP contribution is -2.19. The summed E-state index contributed by atoms with van der Waals surface area (Å²) in [5.74, 6) is 0. The van der Waals surface area contributed by atoms with Gasteiger partial charge in [-0.05, 0) is 56.8 Å². The Labute approximate surface area is 119 Å². The van der Waals surface area contributed by atoms with E-state index < -0.39 is 10.0 Å². The van der Waals surface area contributed by atoms with Crippen molar-refractivity contribution in [3.05, 3.63) is 24.3 Å². The standard InChI is InChI=1S/C13H20N2O2S2/c1-14-19(16,17)13-7-4-10(5-8-13)15-11-3-6-12(9-11)18-2/h4-5,7-8,11-12,14-15H,3,6,9H2,1-2H3. The van der Waals surface area contributed by atoms with Crippen LogP contribution in [0, 0.1) is 0 Å². The van der Waals surface area contributed by atoms with Gasteiger partial charge >= 0.3 is 0 Å². The van der Waals surface area contributed by atoms with E-state index in [1.54, 1.807) is 12.1 Å². The molecule has 6 heteroatoms. The Kier molecular flexibility index (Phi) is 4.76. The molecule has 1 aromatic carbocycles. The number of rotatable bonds is 5. The van der Waals surface area contributed by atoms with Gasteiger partial charge in [0.1, 0.15) is 0 Å². The summed E-state index contributed by atoms with van der Waals surface area (Å²) in [6.45, 7) is 0. The van der Waals surface area contributed by atoms with E-state index in [0.717, 1.165) is 10.9 Å². The molecule has 0 amide bonds. The van der Waals surface area contributed by atoms with Gasteiger partial charge in [0.15, 0.2) is 0 Å². The molecule has 19 heavy (non-hydrogen) atoms. The first-order chi connectivity index (χ1) is 9.05.